The van der Waals surface area contributed by atoms with Crippen molar-refractivity contribution in [1.29, 1.82) is 5.26 Å². The van der Waals surface area contributed by atoms with E-state index >= 15 is 0 Å². The van der Waals surface area contributed by atoms with Gasteiger partial charge in [-0.15, -0.1) is 0 Å². The number of guanidine groups is 1. The molecule has 0 radical (unpaired) electrons. The summed E-state index contributed by atoms with van der Waals surface area (Å²) in [6.07, 6.45) is 7.57. The van der Waals surface area contributed by atoms with E-state index in [-0.39, 0.29) is 0 Å². The summed E-state index contributed by atoms with van der Waals surface area (Å²) >= 11 is 0. The third-order valence-electron chi connectivity index (χ3n) is 3.70. The van der Waals surface area contributed by atoms with Crippen LogP contribution in [0.3, 0.4) is 0 Å². The fourth-order valence-electron chi connectivity index (χ4n) is 2.59. The molecule has 0 aliphatic heterocycles. The lowest BCUT2D eigenvalue weighted by Crippen LogP contribution is -2.39. The van der Waals surface area contributed by atoms with Crippen molar-refractivity contribution in [2.45, 2.75) is 51.1 Å². The van der Waals surface area contributed by atoms with Crippen LogP contribution < -0.4 is 11.1 Å². The van der Waals surface area contributed by atoms with Gasteiger partial charge in [0.15, 0.2) is 5.96 Å². The Balaban J connectivity index is 1.88. The van der Waals surface area contributed by atoms with Crippen molar-refractivity contribution in [2.75, 3.05) is 0 Å². The third-order valence-corrected chi connectivity index (χ3v) is 3.70. The molecular formula is C16H22N4. The first-order chi connectivity index (χ1) is 9.78. The molecule has 1 fully saturated rings. The number of nitrogens with one attached hydrogen (secondary N) is 1. The van der Waals surface area contributed by atoms with Gasteiger partial charge in [-0.3, -0.25) is 0 Å². The Morgan fingerprint density at radius 1 is 1.30 bits per heavy atom. The zero-order valence-corrected chi connectivity index (χ0v) is 11.8. The highest BCUT2D eigenvalue weighted by molar-refractivity contribution is 5.78. The standard InChI is InChI=1S/C16H22N4/c17-11-13-6-5-7-14(10-13)12-19-16(18)20-15-8-3-1-2-4-9-15/h5-7,10,15H,1-4,8-9,12H2,(H3,18,19,20). The highest BCUT2D eigenvalue weighted by Crippen LogP contribution is 2.17. The molecule has 0 amide bonds. The van der Waals surface area contributed by atoms with Gasteiger partial charge in [-0.05, 0) is 30.5 Å². The number of benzene rings is 1. The maximum Gasteiger partial charge on any atom is 0.189 e. The van der Waals surface area contributed by atoms with Gasteiger partial charge in [-0.2, -0.15) is 5.26 Å². The number of nitriles is 1. The van der Waals surface area contributed by atoms with Gasteiger partial charge in [-0.25, -0.2) is 4.99 Å². The molecule has 106 valence electrons. The predicted octanol–water partition coefficient (Wildman–Crippen LogP) is 2.69. The molecule has 4 heteroatoms. The van der Waals surface area contributed by atoms with E-state index in [1.54, 1.807) is 6.07 Å². The molecule has 3 N–H and O–H groups in total. The fourth-order valence-corrected chi connectivity index (χ4v) is 2.59. The summed E-state index contributed by atoms with van der Waals surface area (Å²) in [5.74, 6) is 0.513. The lowest BCUT2D eigenvalue weighted by molar-refractivity contribution is 0.530. The molecule has 0 heterocycles. The third kappa shape index (κ3) is 4.58. The second kappa shape index (κ2) is 7.54. The smallest absolute Gasteiger partial charge is 0.189 e. The molecule has 1 saturated carbocycles. The first-order valence-electron chi connectivity index (χ1n) is 7.33. The van der Waals surface area contributed by atoms with Gasteiger partial charge in [0, 0.05) is 6.04 Å². The van der Waals surface area contributed by atoms with Crippen LogP contribution in [0.15, 0.2) is 29.3 Å². The summed E-state index contributed by atoms with van der Waals surface area (Å²) in [6.45, 7) is 0.515. The first-order valence-corrected chi connectivity index (χ1v) is 7.33. The van der Waals surface area contributed by atoms with E-state index in [1.165, 1.54) is 38.5 Å². The van der Waals surface area contributed by atoms with Crippen molar-refractivity contribution in [3.05, 3.63) is 35.4 Å². The lowest BCUT2D eigenvalue weighted by atomic mass is 10.1. The number of hydrogen-bond acceptors (Lipinski definition) is 2. The van der Waals surface area contributed by atoms with Gasteiger partial charge in [0.1, 0.15) is 0 Å². The Kier molecular flexibility index (Phi) is 5.43. The van der Waals surface area contributed by atoms with E-state index in [4.69, 9.17) is 11.0 Å². The van der Waals surface area contributed by atoms with Gasteiger partial charge in [-0.1, -0.05) is 37.8 Å². The monoisotopic (exact) mass is 270 g/mol. The van der Waals surface area contributed by atoms with Gasteiger partial charge in [0.25, 0.3) is 0 Å². The quantitative estimate of drug-likeness (QED) is 0.504. The minimum Gasteiger partial charge on any atom is -0.370 e. The van der Waals surface area contributed by atoms with Crippen LogP contribution in [-0.2, 0) is 6.54 Å². The molecule has 1 aromatic carbocycles. The zero-order chi connectivity index (χ0) is 14.2. The lowest BCUT2D eigenvalue weighted by Gasteiger charge is -2.16. The Morgan fingerprint density at radius 3 is 2.75 bits per heavy atom. The fraction of sp³-hybridized carbons (Fsp3) is 0.500. The molecule has 1 aromatic rings. The molecule has 1 aliphatic rings. The van der Waals surface area contributed by atoms with Crippen molar-refractivity contribution in [3.8, 4) is 6.07 Å². The normalized spacial score (nSPS) is 17.2. The number of nitrogens with two attached hydrogens (primary N) is 1. The number of rotatable bonds is 3. The molecule has 2 rings (SSSR count). The van der Waals surface area contributed by atoms with Crippen LogP contribution in [0.1, 0.15) is 49.7 Å². The van der Waals surface area contributed by atoms with Crippen LogP contribution in [0.4, 0.5) is 0 Å². The van der Waals surface area contributed by atoms with Gasteiger partial charge in [0.05, 0.1) is 18.2 Å². The molecule has 0 atom stereocenters. The van der Waals surface area contributed by atoms with Crippen LogP contribution in [0, 0.1) is 11.3 Å². The molecule has 0 spiro atoms. The molecular weight excluding hydrogens is 248 g/mol. The number of hydrogen-bond donors (Lipinski definition) is 2. The summed E-state index contributed by atoms with van der Waals surface area (Å²) in [7, 11) is 0. The van der Waals surface area contributed by atoms with Crippen molar-refractivity contribution < 1.29 is 0 Å². The van der Waals surface area contributed by atoms with Gasteiger partial charge >= 0.3 is 0 Å². The molecule has 0 saturated heterocycles. The average molecular weight is 270 g/mol. The maximum absolute atomic E-state index is 8.86. The Bertz CT molecular complexity index is 493. The highest BCUT2D eigenvalue weighted by Gasteiger charge is 2.12. The molecule has 0 aromatic heterocycles. The van der Waals surface area contributed by atoms with Crippen molar-refractivity contribution in [2.24, 2.45) is 10.7 Å². The largest absolute Gasteiger partial charge is 0.370 e. The van der Waals surface area contributed by atoms with E-state index in [0.717, 1.165) is 5.56 Å². The highest BCUT2D eigenvalue weighted by atomic mass is 15.1. The van der Waals surface area contributed by atoms with Crippen molar-refractivity contribution >= 4 is 5.96 Å². The van der Waals surface area contributed by atoms with Gasteiger partial charge in [0.2, 0.25) is 0 Å². The van der Waals surface area contributed by atoms with E-state index in [0.29, 0.717) is 24.1 Å². The van der Waals surface area contributed by atoms with Crippen LogP contribution in [0.2, 0.25) is 0 Å². The summed E-state index contributed by atoms with van der Waals surface area (Å²) in [6, 6.07) is 10.1. The topological polar surface area (TPSA) is 74.2 Å². The van der Waals surface area contributed by atoms with Crippen LogP contribution in [0.25, 0.3) is 0 Å². The Hall–Kier alpha value is -2.02. The maximum atomic E-state index is 8.86. The average Bonchev–Trinajstić information content (AvgIpc) is 2.74. The molecule has 20 heavy (non-hydrogen) atoms. The minimum atomic E-state index is 0.465. The second-order valence-corrected chi connectivity index (χ2v) is 5.35. The molecule has 0 unspecified atom stereocenters. The molecule has 0 bridgehead atoms. The minimum absolute atomic E-state index is 0.465. The summed E-state index contributed by atoms with van der Waals surface area (Å²) in [5.41, 5.74) is 7.62. The molecule has 1 aliphatic carbocycles. The number of nitrogens with zero attached hydrogens (tertiary/aromatic N) is 2. The van der Waals surface area contributed by atoms with E-state index in [1.807, 2.05) is 18.2 Å². The Labute approximate surface area is 120 Å². The Morgan fingerprint density at radius 2 is 2.05 bits per heavy atom. The number of aliphatic imine (C=N–C) groups is 1. The van der Waals surface area contributed by atoms with E-state index in [9.17, 15) is 0 Å². The van der Waals surface area contributed by atoms with Crippen LogP contribution in [-0.4, -0.2) is 12.0 Å². The van der Waals surface area contributed by atoms with E-state index in [2.05, 4.69) is 16.4 Å². The summed E-state index contributed by atoms with van der Waals surface area (Å²) in [5, 5.41) is 12.2. The van der Waals surface area contributed by atoms with Crippen molar-refractivity contribution in [3.63, 3.8) is 0 Å². The first kappa shape index (κ1) is 14.4. The summed E-state index contributed by atoms with van der Waals surface area (Å²) < 4.78 is 0. The second-order valence-electron chi connectivity index (χ2n) is 5.35. The van der Waals surface area contributed by atoms with Crippen LogP contribution in [0.5, 0.6) is 0 Å². The predicted molar refractivity (Wildman–Crippen MR) is 81.1 cm³/mol. The van der Waals surface area contributed by atoms with E-state index < -0.39 is 0 Å². The molecule has 4 nitrogen and oxygen atoms in total. The van der Waals surface area contributed by atoms with Gasteiger partial charge < -0.3 is 11.1 Å². The van der Waals surface area contributed by atoms with Crippen LogP contribution >= 0.6 is 0 Å². The zero-order valence-electron chi connectivity index (χ0n) is 11.8. The summed E-state index contributed by atoms with van der Waals surface area (Å²) in [4.78, 5) is 4.37. The van der Waals surface area contributed by atoms with Crippen molar-refractivity contribution in [1.82, 2.24) is 5.32 Å². The SMILES string of the molecule is N#Cc1cccc(CN=C(N)NC2CCCCCC2)c1.